The Morgan fingerprint density at radius 2 is 2.14 bits per heavy atom. The Morgan fingerprint density at radius 1 is 1.33 bits per heavy atom. The third-order valence-corrected chi connectivity index (χ3v) is 3.04. The zero-order chi connectivity index (χ0) is 15.3. The standard InChI is InChI=1S/C14H16F3N3O/c15-14(16,17)12-3-1-2-11(8-12)13(21)9-18-4-6-20-7-5-19-10-20/h1-3,5,7-8,10,13,18,21H,4,6,9H2. The van der Waals surface area contributed by atoms with Crippen LogP contribution < -0.4 is 5.32 Å². The lowest BCUT2D eigenvalue weighted by Gasteiger charge is -2.14. The molecule has 1 aromatic carbocycles. The summed E-state index contributed by atoms with van der Waals surface area (Å²) in [7, 11) is 0. The van der Waals surface area contributed by atoms with E-state index in [0.29, 0.717) is 13.1 Å². The molecule has 1 aromatic heterocycles. The summed E-state index contributed by atoms with van der Waals surface area (Å²) in [5.74, 6) is 0. The summed E-state index contributed by atoms with van der Waals surface area (Å²) < 4.78 is 39.6. The molecule has 1 unspecified atom stereocenters. The SMILES string of the molecule is OC(CNCCn1ccnc1)c1cccc(C(F)(F)F)c1. The number of aliphatic hydroxyl groups excluding tert-OH is 1. The highest BCUT2D eigenvalue weighted by Crippen LogP contribution is 2.30. The first-order chi connectivity index (χ1) is 9.97. The van der Waals surface area contributed by atoms with Crippen LogP contribution in [0.3, 0.4) is 0 Å². The van der Waals surface area contributed by atoms with Crippen molar-refractivity contribution in [3.8, 4) is 0 Å². The Balaban J connectivity index is 1.84. The van der Waals surface area contributed by atoms with Gasteiger partial charge in [0.1, 0.15) is 0 Å². The molecule has 2 aromatic rings. The Labute approximate surface area is 120 Å². The fourth-order valence-corrected chi connectivity index (χ4v) is 1.91. The summed E-state index contributed by atoms with van der Waals surface area (Å²) in [5, 5.41) is 12.9. The fourth-order valence-electron chi connectivity index (χ4n) is 1.91. The van der Waals surface area contributed by atoms with Gasteiger partial charge in [-0.05, 0) is 17.7 Å². The predicted molar refractivity (Wildman–Crippen MR) is 71.5 cm³/mol. The van der Waals surface area contributed by atoms with Crippen LogP contribution in [0.4, 0.5) is 13.2 Å². The highest BCUT2D eigenvalue weighted by Gasteiger charge is 2.30. The number of aromatic nitrogens is 2. The van der Waals surface area contributed by atoms with Crippen molar-refractivity contribution in [1.29, 1.82) is 0 Å². The fraction of sp³-hybridized carbons (Fsp3) is 0.357. The van der Waals surface area contributed by atoms with Gasteiger partial charge in [0.05, 0.1) is 18.0 Å². The van der Waals surface area contributed by atoms with E-state index in [9.17, 15) is 18.3 Å². The van der Waals surface area contributed by atoms with Crippen LogP contribution in [-0.4, -0.2) is 27.7 Å². The number of halogens is 3. The molecule has 4 nitrogen and oxygen atoms in total. The van der Waals surface area contributed by atoms with Crippen LogP contribution in [0.25, 0.3) is 0 Å². The van der Waals surface area contributed by atoms with E-state index in [4.69, 9.17) is 0 Å². The summed E-state index contributed by atoms with van der Waals surface area (Å²) in [6, 6.07) is 4.75. The number of imidazole rings is 1. The maximum atomic E-state index is 12.6. The van der Waals surface area contributed by atoms with Crippen molar-refractivity contribution < 1.29 is 18.3 Å². The molecule has 0 radical (unpaired) electrons. The van der Waals surface area contributed by atoms with Crippen molar-refractivity contribution in [2.45, 2.75) is 18.8 Å². The molecule has 0 bridgehead atoms. The molecule has 0 amide bonds. The highest BCUT2D eigenvalue weighted by molar-refractivity contribution is 5.27. The lowest BCUT2D eigenvalue weighted by Crippen LogP contribution is -2.25. The Hall–Kier alpha value is -1.86. The monoisotopic (exact) mass is 299 g/mol. The van der Waals surface area contributed by atoms with Crippen LogP contribution in [0.15, 0.2) is 43.0 Å². The zero-order valence-corrected chi connectivity index (χ0v) is 11.2. The molecule has 0 fully saturated rings. The number of hydrogen-bond acceptors (Lipinski definition) is 3. The van der Waals surface area contributed by atoms with Crippen LogP contribution in [-0.2, 0) is 12.7 Å². The van der Waals surface area contributed by atoms with Gasteiger partial charge in [-0.3, -0.25) is 0 Å². The largest absolute Gasteiger partial charge is 0.416 e. The molecule has 0 saturated heterocycles. The first-order valence-electron chi connectivity index (χ1n) is 6.48. The number of nitrogens with zero attached hydrogens (tertiary/aromatic N) is 2. The average molecular weight is 299 g/mol. The lowest BCUT2D eigenvalue weighted by atomic mass is 10.1. The Bertz CT molecular complexity index is 555. The first kappa shape index (κ1) is 15.5. The van der Waals surface area contributed by atoms with Gasteiger partial charge in [0, 0.05) is 32.0 Å². The molecule has 21 heavy (non-hydrogen) atoms. The summed E-state index contributed by atoms with van der Waals surface area (Å²) in [5.41, 5.74) is -0.502. The van der Waals surface area contributed by atoms with Crippen molar-refractivity contribution in [1.82, 2.24) is 14.9 Å². The van der Waals surface area contributed by atoms with Crippen molar-refractivity contribution >= 4 is 0 Å². The minimum absolute atomic E-state index is 0.190. The van der Waals surface area contributed by atoms with Crippen LogP contribution in [0, 0.1) is 0 Å². The molecule has 2 N–H and O–H groups in total. The molecular formula is C14H16F3N3O. The molecule has 7 heteroatoms. The molecule has 1 heterocycles. The maximum Gasteiger partial charge on any atom is 0.416 e. The van der Waals surface area contributed by atoms with E-state index in [2.05, 4.69) is 10.3 Å². The number of alkyl halides is 3. The van der Waals surface area contributed by atoms with Gasteiger partial charge in [0.15, 0.2) is 0 Å². The predicted octanol–water partition coefficient (Wildman–Crippen LogP) is 2.23. The molecule has 2 rings (SSSR count). The van der Waals surface area contributed by atoms with Gasteiger partial charge >= 0.3 is 6.18 Å². The minimum Gasteiger partial charge on any atom is -0.387 e. The third-order valence-electron chi connectivity index (χ3n) is 3.04. The van der Waals surface area contributed by atoms with E-state index >= 15 is 0 Å². The molecule has 114 valence electrons. The molecule has 0 spiro atoms. The minimum atomic E-state index is -4.40. The van der Waals surface area contributed by atoms with Gasteiger partial charge in [-0.1, -0.05) is 12.1 Å². The first-order valence-corrected chi connectivity index (χ1v) is 6.48. The smallest absolute Gasteiger partial charge is 0.387 e. The van der Waals surface area contributed by atoms with Crippen molar-refractivity contribution in [2.24, 2.45) is 0 Å². The molecular weight excluding hydrogens is 283 g/mol. The second kappa shape index (κ2) is 6.73. The molecule has 0 aliphatic rings. The van der Waals surface area contributed by atoms with Crippen molar-refractivity contribution in [2.75, 3.05) is 13.1 Å². The van der Waals surface area contributed by atoms with Gasteiger partial charge in [0.25, 0.3) is 0 Å². The van der Waals surface area contributed by atoms with Gasteiger partial charge in [0.2, 0.25) is 0 Å². The van der Waals surface area contributed by atoms with Gasteiger partial charge in [-0.25, -0.2) is 4.98 Å². The molecule has 0 aliphatic carbocycles. The van der Waals surface area contributed by atoms with Crippen LogP contribution in [0.1, 0.15) is 17.2 Å². The molecule has 0 saturated carbocycles. The third kappa shape index (κ3) is 4.57. The van der Waals surface area contributed by atoms with E-state index in [-0.39, 0.29) is 12.1 Å². The number of rotatable bonds is 6. The number of benzene rings is 1. The Morgan fingerprint density at radius 3 is 2.81 bits per heavy atom. The Kier molecular flexibility index (Phi) is 4.98. The van der Waals surface area contributed by atoms with Gasteiger partial charge in [-0.15, -0.1) is 0 Å². The summed E-state index contributed by atoms with van der Waals surface area (Å²) >= 11 is 0. The van der Waals surface area contributed by atoms with Crippen molar-refractivity contribution in [3.63, 3.8) is 0 Å². The lowest BCUT2D eigenvalue weighted by molar-refractivity contribution is -0.137. The van der Waals surface area contributed by atoms with E-state index in [1.165, 1.54) is 12.1 Å². The second-order valence-corrected chi connectivity index (χ2v) is 4.64. The van der Waals surface area contributed by atoms with Crippen LogP contribution in [0.2, 0.25) is 0 Å². The summed E-state index contributed by atoms with van der Waals surface area (Å²) in [6.07, 6.45) is -0.229. The van der Waals surface area contributed by atoms with E-state index in [1.807, 2.05) is 10.8 Å². The average Bonchev–Trinajstić information content (AvgIpc) is 2.96. The van der Waals surface area contributed by atoms with E-state index in [0.717, 1.165) is 12.1 Å². The highest BCUT2D eigenvalue weighted by atomic mass is 19.4. The molecule has 0 aliphatic heterocycles. The number of aliphatic hydroxyl groups is 1. The quantitative estimate of drug-likeness (QED) is 0.804. The van der Waals surface area contributed by atoms with Crippen LogP contribution >= 0.6 is 0 Å². The number of nitrogens with one attached hydrogen (secondary N) is 1. The normalized spacial score (nSPS) is 13.3. The van der Waals surface area contributed by atoms with Crippen LogP contribution in [0.5, 0.6) is 0 Å². The van der Waals surface area contributed by atoms with Crippen molar-refractivity contribution in [3.05, 3.63) is 54.1 Å². The zero-order valence-electron chi connectivity index (χ0n) is 11.2. The summed E-state index contributed by atoms with van der Waals surface area (Å²) in [4.78, 5) is 3.90. The van der Waals surface area contributed by atoms with Gasteiger partial charge < -0.3 is 15.0 Å². The summed E-state index contributed by atoms with van der Waals surface area (Å²) in [6.45, 7) is 1.46. The van der Waals surface area contributed by atoms with E-state index in [1.54, 1.807) is 12.5 Å². The number of hydrogen-bond donors (Lipinski definition) is 2. The topological polar surface area (TPSA) is 50.1 Å². The van der Waals surface area contributed by atoms with E-state index < -0.39 is 17.8 Å². The maximum absolute atomic E-state index is 12.6. The van der Waals surface area contributed by atoms with Gasteiger partial charge in [-0.2, -0.15) is 13.2 Å². The molecule has 1 atom stereocenters. The second-order valence-electron chi connectivity index (χ2n) is 4.64.